The highest BCUT2D eigenvalue weighted by Crippen LogP contribution is 2.37. The van der Waals surface area contributed by atoms with Gasteiger partial charge in [-0.2, -0.15) is 0 Å². The number of nitrogens with one attached hydrogen (secondary N) is 2. The van der Waals surface area contributed by atoms with Crippen molar-refractivity contribution < 1.29 is 13.9 Å². The van der Waals surface area contributed by atoms with Crippen molar-refractivity contribution in [3.8, 4) is 34.3 Å². The molecule has 4 aromatic rings. The Morgan fingerprint density at radius 1 is 1.24 bits per heavy atom. The van der Waals surface area contributed by atoms with E-state index in [0.717, 1.165) is 0 Å². The number of hydrogen-bond donors (Lipinski definition) is 2. The van der Waals surface area contributed by atoms with Crippen LogP contribution in [0.25, 0.3) is 34.3 Å². The van der Waals surface area contributed by atoms with Crippen LogP contribution < -0.4 is 5.32 Å². The first kappa shape index (κ1) is 18.9. The number of imidazole rings is 1. The predicted molar refractivity (Wildman–Crippen MR) is 108 cm³/mol. The van der Waals surface area contributed by atoms with E-state index in [1.807, 2.05) is 18.2 Å². The van der Waals surface area contributed by atoms with Gasteiger partial charge in [0.25, 0.3) is 5.91 Å². The normalized spacial score (nSPS) is 10.8. The van der Waals surface area contributed by atoms with Gasteiger partial charge in [-0.05, 0) is 24.3 Å². The van der Waals surface area contributed by atoms with Gasteiger partial charge in [0.15, 0.2) is 17.3 Å². The molecule has 1 amide bonds. The van der Waals surface area contributed by atoms with E-state index in [2.05, 4.69) is 25.3 Å². The molecule has 0 aliphatic carbocycles. The molecule has 0 saturated heterocycles. The van der Waals surface area contributed by atoms with E-state index in [1.165, 1.54) is 7.11 Å². The molecule has 0 saturated carbocycles. The van der Waals surface area contributed by atoms with Crippen molar-refractivity contribution in [3.05, 3.63) is 60.0 Å². The maximum absolute atomic E-state index is 11.8. The first-order valence-corrected chi connectivity index (χ1v) is 9.04. The Labute approximate surface area is 170 Å². The largest absolute Gasteiger partial charge is 0.435 e. The van der Waals surface area contributed by atoms with E-state index in [9.17, 15) is 4.79 Å². The van der Waals surface area contributed by atoms with Gasteiger partial charge >= 0.3 is 0 Å². The van der Waals surface area contributed by atoms with Crippen molar-refractivity contribution in [1.82, 2.24) is 19.9 Å². The number of oxazole rings is 1. The van der Waals surface area contributed by atoms with Gasteiger partial charge in [0.05, 0.1) is 5.02 Å². The molecule has 2 N–H and O–H groups in total. The summed E-state index contributed by atoms with van der Waals surface area (Å²) < 4.78 is 10.9. The lowest BCUT2D eigenvalue weighted by Gasteiger charge is -2.04. The van der Waals surface area contributed by atoms with Gasteiger partial charge in [0, 0.05) is 36.8 Å². The zero-order chi connectivity index (χ0) is 20.2. The number of halogens is 1. The molecule has 0 fully saturated rings. The maximum atomic E-state index is 11.8. The first-order valence-electron chi connectivity index (χ1n) is 8.66. The number of carbonyl (C=O) groups excluding carboxylic acids is 1. The monoisotopic (exact) mass is 409 g/mol. The number of aromatic nitrogens is 4. The number of amides is 1. The average molecular weight is 410 g/mol. The van der Waals surface area contributed by atoms with E-state index in [1.54, 1.807) is 36.8 Å². The molecule has 3 heterocycles. The number of aromatic amines is 1. The van der Waals surface area contributed by atoms with Crippen LogP contribution in [0.1, 0.15) is 0 Å². The lowest BCUT2D eigenvalue weighted by Crippen LogP contribution is -2.17. The van der Waals surface area contributed by atoms with Crippen molar-refractivity contribution in [3.63, 3.8) is 0 Å². The number of hydrogen-bond acceptors (Lipinski definition) is 6. The molecule has 0 aliphatic heterocycles. The molecule has 146 valence electrons. The minimum Gasteiger partial charge on any atom is -0.435 e. The topological polar surface area (TPSA) is 106 Å². The Morgan fingerprint density at radius 2 is 2.10 bits per heavy atom. The number of carbonyl (C=O) groups is 1. The summed E-state index contributed by atoms with van der Waals surface area (Å²) in [6.07, 6.45) is 4.90. The number of benzene rings is 1. The zero-order valence-electron chi connectivity index (χ0n) is 15.3. The molecule has 0 bridgehead atoms. The molecule has 9 heteroatoms. The minimum absolute atomic E-state index is 0.0653. The standard InChI is InChI=1S/C20H16ClN5O3/c1-28-11-16(27)25-15-10-12(6-7-22-15)20-26-17(19-23-8-9-24-19)18(29-20)13-4-2-3-5-14(13)21/h2-10H,11H2,1H3,(H,23,24)(H,22,25,27). The smallest absolute Gasteiger partial charge is 0.251 e. The Bertz CT molecular complexity index is 1140. The SMILES string of the molecule is COCC(=O)Nc1cc(-c2nc(-c3ncc[nH]3)c(-c3ccccc3Cl)o2)ccn1. The van der Waals surface area contributed by atoms with Gasteiger partial charge in [-0.1, -0.05) is 23.7 Å². The van der Waals surface area contributed by atoms with Crippen molar-refractivity contribution in [2.45, 2.75) is 0 Å². The lowest BCUT2D eigenvalue weighted by atomic mass is 10.1. The number of H-pyrrole nitrogens is 1. The molecule has 0 spiro atoms. The zero-order valence-corrected chi connectivity index (χ0v) is 16.1. The number of anilines is 1. The average Bonchev–Trinajstić information content (AvgIpc) is 3.38. The van der Waals surface area contributed by atoms with E-state index in [4.69, 9.17) is 20.8 Å². The van der Waals surface area contributed by atoms with Crippen molar-refractivity contribution in [1.29, 1.82) is 0 Å². The van der Waals surface area contributed by atoms with Gasteiger partial charge in [-0.3, -0.25) is 4.79 Å². The third kappa shape index (κ3) is 4.03. The number of rotatable bonds is 6. The summed E-state index contributed by atoms with van der Waals surface area (Å²) in [4.78, 5) is 27.8. The summed E-state index contributed by atoms with van der Waals surface area (Å²) in [5.41, 5.74) is 1.86. The fraction of sp³-hybridized carbons (Fsp3) is 0.100. The fourth-order valence-corrected chi connectivity index (χ4v) is 2.99. The minimum atomic E-state index is -0.308. The number of methoxy groups -OCH3 is 1. The highest BCUT2D eigenvalue weighted by atomic mass is 35.5. The second kappa shape index (κ2) is 8.26. The van der Waals surface area contributed by atoms with Crippen molar-refractivity contribution >= 4 is 23.3 Å². The van der Waals surface area contributed by atoms with Gasteiger partial charge in [0.1, 0.15) is 12.4 Å². The molecule has 0 atom stereocenters. The number of pyridine rings is 1. The number of nitrogens with zero attached hydrogens (tertiary/aromatic N) is 3. The molecule has 0 radical (unpaired) electrons. The molecular weight excluding hydrogens is 394 g/mol. The van der Waals surface area contributed by atoms with E-state index in [-0.39, 0.29) is 12.5 Å². The molecule has 3 aromatic heterocycles. The van der Waals surface area contributed by atoms with Crippen LogP contribution in [-0.4, -0.2) is 39.6 Å². The summed E-state index contributed by atoms with van der Waals surface area (Å²) >= 11 is 6.37. The molecular formula is C20H16ClN5O3. The van der Waals surface area contributed by atoms with Crippen LogP contribution in [0.2, 0.25) is 5.02 Å². The van der Waals surface area contributed by atoms with Crippen LogP contribution in [-0.2, 0) is 9.53 Å². The highest BCUT2D eigenvalue weighted by molar-refractivity contribution is 6.33. The fourth-order valence-electron chi connectivity index (χ4n) is 2.77. The van der Waals surface area contributed by atoms with Crippen LogP contribution in [0, 0.1) is 0 Å². The molecule has 1 aromatic carbocycles. The Hall–Kier alpha value is -3.49. The molecule has 0 unspecified atom stereocenters. The van der Waals surface area contributed by atoms with Crippen LogP contribution >= 0.6 is 11.6 Å². The van der Waals surface area contributed by atoms with E-state index in [0.29, 0.717) is 45.1 Å². The van der Waals surface area contributed by atoms with Gasteiger partial charge in [-0.15, -0.1) is 0 Å². The summed E-state index contributed by atoms with van der Waals surface area (Å²) in [5.74, 6) is 1.44. The second-order valence-electron chi connectivity index (χ2n) is 6.03. The quantitative estimate of drug-likeness (QED) is 0.498. The predicted octanol–water partition coefficient (Wildman–Crippen LogP) is 4.03. The van der Waals surface area contributed by atoms with E-state index >= 15 is 0 Å². The van der Waals surface area contributed by atoms with Crippen molar-refractivity contribution in [2.24, 2.45) is 0 Å². The summed E-state index contributed by atoms with van der Waals surface area (Å²) in [7, 11) is 1.45. The second-order valence-corrected chi connectivity index (χ2v) is 6.43. The lowest BCUT2D eigenvalue weighted by molar-refractivity contribution is -0.119. The summed E-state index contributed by atoms with van der Waals surface area (Å²) in [5, 5.41) is 3.19. The number of ether oxygens (including phenoxy) is 1. The third-order valence-corrected chi connectivity index (χ3v) is 4.35. The highest BCUT2D eigenvalue weighted by Gasteiger charge is 2.21. The van der Waals surface area contributed by atoms with Crippen LogP contribution in [0.4, 0.5) is 5.82 Å². The molecule has 29 heavy (non-hydrogen) atoms. The summed E-state index contributed by atoms with van der Waals surface area (Å²) in [6.45, 7) is -0.0653. The van der Waals surface area contributed by atoms with Crippen LogP contribution in [0.3, 0.4) is 0 Å². The molecule has 4 rings (SSSR count). The maximum Gasteiger partial charge on any atom is 0.251 e. The Kier molecular flexibility index (Phi) is 5.37. The van der Waals surface area contributed by atoms with Crippen molar-refractivity contribution in [2.75, 3.05) is 19.0 Å². The Balaban J connectivity index is 1.77. The van der Waals surface area contributed by atoms with Crippen LogP contribution in [0.5, 0.6) is 0 Å². The van der Waals surface area contributed by atoms with E-state index < -0.39 is 0 Å². The van der Waals surface area contributed by atoms with Gasteiger partial charge in [-0.25, -0.2) is 15.0 Å². The first-order chi connectivity index (χ1) is 14.2. The summed E-state index contributed by atoms with van der Waals surface area (Å²) in [6, 6.07) is 10.7. The molecule has 0 aliphatic rings. The van der Waals surface area contributed by atoms with Gasteiger partial charge in [0.2, 0.25) is 5.89 Å². The van der Waals surface area contributed by atoms with Gasteiger partial charge < -0.3 is 19.5 Å². The van der Waals surface area contributed by atoms with Crippen LogP contribution in [0.15, 0.2) is 59.4 Å². The molecule has 8 nitrogen and oxygen atoms in total. The third-order valence-electron chi connectivity index (χ3n) is 4.02. The Morgan fingerprint density at radius 3 is 2.86 bits per heavy atom.